The van der Waals surface area contributed by atoms with Crippen LogP contribution in [0.25, 0.3) is 0 Å². The molecule has 0 aliphatic rings. The van der Waals surface area contributed by atoms with E-state index in [1.807, 2.05) is 31.2 Å². The van der Waals surface area contributed by atoms with Crippen molar-refractivity contribution >= 4 is 18.6 Å². The van der Waals surface area contributed by atoms with Crippen molar-refractivity contribution in [3.8, 4) is 0 Å². The first-order chi connectivity index (χ1) is 8.27. The van der Waals surface area contributed by atoms with Gasteiger partial charge in [0.2, 0.25) is 5.95 Å². The molecule has 4 heteroatoms. The molecule has 1 heterocycles. The van der Waals surface area contributed by atoms with E-state index in [2.05, 4.69) is 39.6 Å². The molecule has 1 aromatic heterocycles. The maximum Gasteiger partial charge on any atom is 0.226 e. The highest BCUT2D eigenvalue weighted by Crippen LogP contribution is 2.16. The Kier molecular flexibility index (Phi) is 3.98. The lowest BCUT2D eigenvalue weighted by atomic mass is 10.2. The zero-order chi connectivity index (χ0) is 12.1. The van der Waals surface area contributed by atoms with Gasteiger partial charge in [-0.25, -0.2) is 9.97 Å². The number of rotatable bonds is 4. The van der Waals surface area contributed by atoms with Crippen LogP contribution < -0.4 is 4.90 Å². The first-order valence-corrected chi connectivity index (χ1v) is 6.04. The van der Waals surface area contributed by atoms with Crippen molar-refractivity contribution in [2.24, 2.45) is 0 Å². The Bertz CT molecular complexity index is 445. The molecule has 0 radical (unpaired) electrons. The van der Waals surface area contributed by atoms with Crippen molar-refractivity contribution in [1.82, 2.24) is 9.97 Å². The van der Waals surface area contributed by atoms with Crippen molar-refractivity contribution in [1.29, 1.82) is 0 Å². The van der Waals surface area contributed by atoms with Crippen LogP contribution in [-0.4, -0.2) is 15.3 Å². The summed E-state index contributed by atoms with van der Waals surface area (Å²) < 4.78 is 0. The minimum atomic E-state index is 0.0672. The fourth-order valence-corrected chi connectivity index (χ4v) is 1.77. The van der Waals surface area contributed by atoms with Crippen LogP contribution in [0.1, 0.15) is 12.5 Å². The average molecular weight is 245 g/mol. The van der Waals surface area contributed by atoms with Crippen LogP contribution in [0, 0.1) is 0 Å². The zero-order valence-electron chi connectivity index (χ0n) is 9.69. The molecule has 1 atom stereocenters. The fourth-order valence-electron chi connectivity index (χ4n) is 1.59. The standard InChI is InChI=1S/C13H15N3S/c1-11(17)16(13-14-8-5-9-15-13)10-12-6-3-2-4-7-12/h2-9,11,17H,10H2,1H3. The first kappa shape index (κ1) is 11.9. The van der Waals surface area contributed by atoms with E-state index in [4.69, 9.17) is 0 Å². The number of hydrogen-bond acceptors (Lipinski definition) is 4. The van der Waals surface area contributed by atoms with Crippen molar-refractivity contribution in [2.45, 2.75) is 18.8 Å². The molecule has 1 unspecified atom stereocenters. The summed E-state index contributed by atoms with van der Waals surface area (Å²) >= 11 is 4.48. The van der Waals surface area contributed by atoms with Crippen LogP contribution in [0.4, 0.5) is 5.95 Å². The number of thiol groups is 1. The largest absolute Gasteiger partial charge is 0.325 e. The molecule has 88 valence electrons. The summed E-state index contributed by atoms with van der Waals surface area (Å²) in [7, 11) is 0. The van der Waals surface area contributed by atoms with Crippen LogP contribution in [-0.2, 0) is 6.54 Å². The van der Waals surface area contributed by atoms with Crippen molar-refractivity contribution in [3.05, 3.63) is 54.4 Å². The summed E-state index contributed by atoms with van der Waals surface area (Å²) in [5.41, 5.74) is 1.22. The molecular weight excluding hydrogens is 230 g/mol. The number of benzene rings is 1. The highest BCUT2D eigenvalue weighted by atomic mass is 32.1. The maximum absolute atomic E-state index is 4.48. The fraction of sp³-hybridized carbons (Fsp3) is 0.231. The molecule has 0 saturated heterocycles. The second-order valence-electron chi connectivity index (χ2n) is 3.79. The molecule has 0 aliphatic heterocycles. The Morgan fingerprint density at radius 2 is 1.76 bits per heavy atom. The van der Waals surface area contributed by atoms with E-state index in [9.17, 15) is 0 Å². The van der Waals surface area contributed by atoms with Crippen molar-refractivity contribution in [3.63, 3.8) is 0 Å². The number of nitrogens with zero attached hydrogens (tertiary/aromatic N) is 3. The lowest BCUT2D eigenvalue weighted by Gasteiger charge is -2.25. The third-order valence-corrected chi connectivity index (χ3v) is 2.73. The monoisotopic (exact) mass is 245 g/mol. The minimum absolute atomic E-state index is 0.0672. The highest BCUT2D eigenvalue weighted by molar-refractivity contribution is 7.81. The second-order valence-corrected chi connectivity index (χ2v) is 4.54. The topological polar surface area (TPSA) is 29.0 Å². The van der Waals surface area contributed by atoms with Crippen LogP contribution in [0.3, 0.4) is 0 Å². The van der Waals surface area contributed by atoms with Crippen LogP contribution in [0.2, 0.25) is 0 Å². The molecule has 17 heavy (non-hydrogen) atoms. The Balaban J connectivity index is 2.20. The lowest BCUT2D eigenvalue weighted by Crippen LogP contribution is -2.30. The van der Waals surface area contributed by atoms with E-state index in [1.165, 1.54) is 5.56 Å². The third kappa shape index (κ3) is 3.20. The van der Waals surface area contributed by atoms with Gasteiger partial charge in [-0.05, 0) is 18.6 Å². The Hall–Kier alpha value is -1.55. The molecule has 2 aromatic rings. The number of aromatic nitrogens is 2. The Morgan fingerprint density at radius 3 is 2.35 bits per heavy atom. The quantitative estimate of drug-likeness (QED) is 0.663. The summed E-state index contributed by atoms with van der Waals surface area (Å²) in [6, 6.07) is 12.1. The lowest BCUT2D eigenvalue weighted by molar-refractivity contribution is 0.760. The molecule has 0 N–H and O–H groups in total. The van der Waals surface area contributed by atoms with E-state index in [0.29, 0.717) is 5.95 Å². The summed E-state index contributed by atoms with van der Waals surface area (Å²) in [6.07, 6.45) is 3.49. The maximum atomic E-state index is 4.48. The van der Waals surface area contributed by atoms with Crippen molar-refractivity contribution < 1.29 is 0 Å². The summed E-state index contributed by atoms with van der Waals surface area (Å²) in [5, 5.41) is 0.0672. The zero-order valence-corrected chi connectivity index (χ0v) is 10.6. The Labute approximate surface area is 107 Å². The SMILES string of the molecule is CC(S)N(Cc1ccccc1)c1ncccn1. The van der Waals surface area contributed by atoms with E-state index in [0.717, 1.165) is 6.54 Å². The number of anilines is 1. The minimum Gasteiger partial charge on any atom is -0.325 e. The molecule has 0 aliphatic carbocycles. The van der Waals surface area contributed by atoms with Gasteiger partial charge in [-0.2, -0.15) is 12.6 Å². The Morgan fingerprint density at radius 1 is 1.12 bits per heavy atom. The van der Waals surface area contributed by atoms with Crippen molar-refractivity contribution in [2.75, 3.05) is 4.90 Å². The number of hydrogen-bond donors (Lipinski definition) is 1. The molecular formula is C13H15N3S. The molecule has 3 nitrogen and oxygen atoms in total. The molecule has 2 rings (SSSR count). The summed E-state index contributed by atoms with van der Waals surface area (Å²) in [5.74, 6) is 0.707. The van der Waals surface area contributed by atoms with Gasteiger partial charge in [0.05, 0.1) is 5.37 Å². The summed E-state index contributed by atoms with van der Waals surface area (Å²) in [6.45, 7) is 2.78. The van der Waals surface area contributed by atoms with Gasteiger partial charge in [-0.3, -0.25) is 0 Å². The van der Waals surface area contributed by atoms with E-state index in [1.54, 1.807) is 12.4 Å². The highest BCUT2D eigenvalue weighted by Gasteiger charge is 2.13. The normalized spacial score (nSPS) is 12.1. The predicted octanol–water partition coefficient (Wildman–Crippen LogP) is 2.76. The summed E-state index contributed by atoms with van der Waals surface area (Å²) in [4.78, 5) is 10.6. The van der Waals surface area contributed by atoms with E-state index >= 15 is 0 Å². The van der Waals surface area contributed by atoms with Crippen LogP contribution >= 0.6 is 12.6 Å². The van der Waals surface area contributed by atoms with Gasteiger partial charge < -0.3 is 4.90 Å². The molecule has 0 fully saturated rings. The second kappa shape index (κ2) is 5.68. The van der Waals surface area contributed by atoms with E-state index < -0.39 is 0 Å². The van der Waals surface area contributed by atoms with Crippen LogP contribution in [0.5, 0.6) is 0 Å². The van der Waals surface area contributed by atoms with E-state index in [-0.39, 0.29) is 5.37 Å². The molecule has 0 spiro atoms. The smallest absolute Gasteiger partial charge is 0.226 e. The van der Waals surface area contributed by atoms with Crippen LogP contribution in [0.15, 0.2) is 48.8 Å². The molecule has 0 bridgehead atoms. The predicted molar refractivity (Wildman–Crippen MR) is 73.1 cm³/mol. The first-order valence-electron chi connectivity index (χ1n) is 5.53. The van der Waals surface area contributed by atoms with Gasteiger partial charge in [0.25, 0.3) is 0 Å². The van der Waals surface area contributed by atoms with Gasteiger partial charge in [-0.15, -0.1) is 0 Å². The average Bonchev–Trinajstić information content (AvgIpc) is 2.38. The molecule has 0 amide bonds. The van der Waals surface area contributed by atoms with Gasteiger partial charge in [0.1, 0.15) is 0 Å². The molecule has 1 aromatic carbocycles. The van der Waals surface area contributed by atoms with Gasteiger partial charge in [0, 0.05) is 18.9 Å². The molecule has 0 saturated carbocycles. The third-order valence-electron chi connectivity index (χ3n) is 2.46. The van der Waals surface area contributed by atoms with Gasteiger partial charge in [0.15, 0.2) is 0 Å². The van der Waals surface area contributed by atoms with Gasteiger partial charge in [-0.1, -0.05) is 30.3 Å². The van der Waals surface area contributed by atoms with Gasteiger partial charge >= 0.3 is 0 Å².